The van der Waals surface area contributed by atoms with Gasteiger partial charge in [-0.1, -0.05) is 0 Å². The molecule has 1 rings (SSSR count). The minimum Gasteiger partial charge on any atom is -0.382 e. The first-order valence-corrected chi connectivity index (χ1v) is 5.58. The number of nitrogens with zero attached hydrogens (tertiary/aromatic N) is 1. The zero-order chi connectivity index (χ0) is 12.7. The minimum atomic E-state index is -0.0324. The summed E-state index contributed by atoms with van der Waals surface area (Å²) in [5, 5.41) is 7.28. The summed E-state index contributed by atoms with van der Waals surface area (Å²) in [6.45, 7) is 5.59. The van der Waals surface area contributed by atoms with Crippen LogP contribution in [0.1, 0.15) is 25.1 Å². The van der Waals surface area contributed by atoms with Crippen molar-refractivity contribution in [3.05, 3.63) is 29.6 Å². The number of hydrogen-bond donors (Lipinski definition) is 2. The molecule has 0 aliphatic rings. The third-order valence-electron chi connectivity index (χ3n) is 2.05. The molecule has 1 aromatic rings. The highest BCUT2D eigenvalue weighted by Crippen LogP contribution is 2.03. The van der Waals surface area contributed by atoms with E-state index >= 15 is 0 Å². The normalized spacial score (nSPS) is 10.8. The molecule has 0 aliphatic carbocycles. The summed E-state index contributed by atoms with van der Waals surface area (Å²) in [4.78, 5) is 3.98. The van der Waals surface area contributed by atoms with Gasteiger partial charge in [-0.2, -0.15) is 0 Å². The molecule has 0 aromatic carbocycles. The zero-order valence-electron chi connectivity index (χ0n) is 10.3. The fourth-order valence-electron chi connectivity index (χ4n) is 1.24. The summed E-state index contributed by atoms with van der Waals surface area (Å²) in [5.74, 6) is -0.0324. The van der Waals surface area contributed by atoms with Gasteiger partial charge in [-0.15, -0.1) is 0 Å². The second kappa shape index (κ2) is 6.98. The lowest BCUT2D eigenvalue weighted by Crippen LogP contribution is -2.13. The van der Waals surface area contributed by atoms with Crippen molar-refractivity contribution in [2.75, 3.05) is 13.2 Å². The van der Waals surface area contributed by atoms with Gasteiger partial charge in [-0.05, 0) is 31.5 Å². The Balaban J connectivity index is 2.31. The highest BCUT2D eigenvalue weighted by Gasteiger charge is 2.00. The van der Waals surface area contributed by atoms with Crippen LogP contribution in [0.4, 0.5) is 0 Å². The average molecular weight is 237 g/mol. The first kappa shape index (κ1) is 13.6. The molecule has 0 aliphatic heterocycles. The molecule has 0 spiro atoms. The highest BCUT2D eigenvalue weighted by molar-refractivity contribution is 5.93. The molecule has 0 fully saturated rings. The molecule has 5 heteroatoms. The van der Waals surface area contributed by atoms with Crippen LogP contribution in [0.5, 0.6) is 0 Å². The van der Waals surface area contributed by atoms with Gasteiger partial charge in [0.05, 0.1) is 25.9 Å². The van der Waals surface area contributed by atoms with E-state index in [0.29, 0.717) is 25.5 Å². The van der Waals surface area contributed by atoms with Crippen LogP contribution >= 0.6 is 0 Å². The van der Waals surface area contributed by atoms with Crippen LogP contribution in [-0.4, -0.2) is 30.1 Å². The van der Waals surface area contributed by atoms with Crippen molar-refractivity contribution in [3.8, 4) is 0 Å². The topological polar surface area (TPSA) is 81.2 Å². The summed E-state index contributed by atoms with van der Waals surface area (Å²) >= 11 is 0. The van der Waals surface area contributed by atoms with Gasteiger partial charge in [0.15, 0.2) is 0 Å². The number of hydrogen-bond acceptors (Lipinski definition) is 4. The lowest BCUT2D eigenvalue weighted by molar-refractivity contribution is 0.0143. The van der Waals surface area contributed by atoms with E-state index < -0.39 is 0 Å². The van der Waals surface area contributed by atoms with Crippen LogP contribution in [0.25, 0.3) is 0 Å². The summed E-state index contributed by atoms with van der Waals surface area (Å²) in [5.41, 5.74) is 6.78. The molecule has 0 bridgehead atoms. The standard InChI is InChI=1S/C12H19N3O2/c1-9(2)17-6-5-16-8-10-3-4-15-11(7-10)12(13)14/h3-4,7,9H,5-6,8H2,1-2H3,(H3,13,14). The van der Waals surface area contributed by atoms with Crippen molar-refractivity contribution >= 4 is 5.84 Å². The maximum atomic E-state index is 7.28. The number of nitrogen functional groups attached to an aromatic ring is 1. The largest absolute Gasteiger partial charge is 0.382 e. The monoisotopic (exact) mass is 237 g/mol. The van der Waals surface area contributed by atoms with Crippen LogP contribution in [0.3, 0.4) is 0 Å². The van der Waals surface area contributed by atoms with E-state index in [1.165, 1.54) is 0 Å². The third kappa shape index (κ3) is 5.42. The Morgan fingerprint density at radius 2 is 2.24 bits per heavy atom. The molecule has 0 radical (unpaired) electrons. The molecule has 0 amide bonds. The Kier molecular flexibility index (Phi) is 5.59. The number of ether oxygens (including phenoxy) is 2. The van der Waals surface area contributed by atoms with Gasteiger partial charge >= 0.3 is 0 Å². The number of amidine groups is 1. The second-order valence-electron chi connectivity index (χ2n) is 3.94. The Hall–Kier alpha value is -1.46. The number of nitrogens with two attached hydrogens (primary N) is 1. The van der Waals surface area contributed by atoms with Gasteiger partial charge in [-0.25, -0.2) is 0 Å². The van der Waals surface area contributed by atoms with Crippen molar-refractivity contribution < 1.29 is 9.47 Å². The molecular weight excluding hydrogens is 218 g/mol. The summed E-state index contributed by atoms with van der Waals surface area (Å²) < 4.78 is 10.8. The molecule has 1 heterocycles. The first-order chi connectivity index (χ1) is 8.09. The van der Waals surface area contributed by atoms with Crippen LogP contribution < -0.4 is 5.73 Å². The summed E-state index contributed by atoms with van der Waals surface area (Å²) in [7, 11) is 0. The van der Waals surface area contributed by atoms with Crippen molar-refractivity contribution in [2.45, 2.75) is 26.6 Å². The minimum absolute atomic E-state index is 0.0324. The summed E-state index contributed by atoms with van der Waals surface area (Å²) in [6.07, 6.45) is 1.85. The predicted molar refractivity (Wildman–Crippen MR) is 66.0 cm³/mol. The molecule has 0 unspecified atom stereocenters. The smallest absolute Gasteiger partial charge is 0.141 e. The van der Waals surface area contributed by atoms with E-state index in [2.05, 4.69) is 4.98 Å². The number of nitrogens with one attached hydrogen (secondary N) is 1. The van der Waals surface area contributed by atoms with Crippen molar-refractivity contribution in [3.63, 3.8) is 0 Å². The van der Waals surface area contributed by atoms with Gasteiger partial charge in [0.25, 0.3) is 0 Å². The SMILES string of the molecule is CC(C)OCCOCc1ccnc(C(=N)N)c1. The molecule has 0 atom stereocenters. The maximum Gasteiger partial charge on any atom is 0.141 e. The zero-order valence-corrected chi connectivity index (χ0v) is 10.3. The lowest BCUT2D eigenvalue weighted by Gasteiger charge is -2.08. The number of rotatable bonds is 7. The van der Waals surface area contributed by atoms with Gasteiger partial charge in [0.2, 0.25) is 0 Å². The van der Waals surface area contributed by atoms with Crippen LogP contribution in [0.2, 0.25) is 0 Å². The second-order valence-corrected chi connectivity index (χ2v) is 3.94. The molecule has 5 nitrogen and oxygen atoms in total. The van der Waals surface area contributed by atoms with Gasteiger partial charge in [-0.3, -0.25) is 10.4 Å². The van der Waals surface area contributed by atoms with Gasteiger partial charge in [0, 0.05) is 6.20 Å². The molecule has 0 saturated heterocycles. The maximum absolute atomic E-state index is 7.28. The average Bonchev–Trinajstić information content (AvgIpc) is 2.28. The van der Waals surface area contributed by atoms with Crippen molar-refractivity contribution in [1.29, 1.82) is 5.41 Å². The third-order valence-corrected chi connectivity index (χ3v) is 2.05. The van der Waals surface area contributed by atoms with Crippen molar-refractivity contribution in [2.24, 2.45) is 5.73 Å². The molecule has 1 aromatic heterocycles. The quantitative estimate of drug-likeness (QED) is 0.425. The van der Waals surface area contributed by atoms with E-state index in [0.717, 1.165) is 5.56 Å². The van der Waals surface area contributed by atoms with Crippen LogP contribution in [0.15, 0.2) is 18.3 Å². The Labute approximate surface area is 101 Å². The highest BCUT2D eigenvalue weighted by atomic mass is 16.5. The van der Waals surface area contributed by atoms with E-state index in [1.54, 1.807) is 12.3 Å². The predicted octanol–water partition coefficient (Wildman–Crippen LogP) is 1.31. The van der Waals surface area contributed by atoms with Crippen LogP contribution in [-0.2, 0) is 16.1 Å². The van der Waals surface area contributed by atoms with E-state index in [9.17, 15) is 0 Å². The molecule has 94 valence electrons. The summed E-state index contributed by atoms with van der Waals surface area (Å²) in [6, 6.07) is 3.60. The molecule has 17 heavy (non-hydrogen) atoms. The van der Waals surface area contributed by atoms with E-state index in [-0.39, 0.29) is 11.9 Å². The number of aromatic nitrogens is 1. The fourth-order valence-corrected chi connectivity index (χ4v) is 1.24. The lowest BCUT2D eigenvalue weighted by atomic mass is 10.2. The Bertz CT molecular complexity index is 367. The fraction of sp³-hybridized carbons (Fsp3) is 0.500. The molecule has 3 N–H and O–H groups in total. The Morgan fingerprint density at radius 3 is 2.88 bits per heavy atom. The van der Waals surface area contributed by atoms with E-state index in [4.69, 9.17) is 20.6 Å². The molecule has 0 saturated carbocycles. The molecular formula is C12H19N3O2. The number of pyridine rings is 1. The van der Waals surface area contributed by atoms with E-state index in [1.807, 2.05) is 19.9 Å². The van der Waals surface area contributed by atoms with Gasteiger partial charge < -0.3 is 15.2 Å². The van der Waals surface area contributed by atoms with Gasteiger partial charge in [0.1, 0.15) is 11.5 Å². The first-order valence-electron chi connectivity index (χ1n) is 5.58. The van der Waals surface area contributed by atoms with Crippen LogP contribution in [0, 0.1) is 5.41 Å². The van der Waals surface area contributed by atoms with Crippen molar-refractivity contribution in [1.82, 2.24) is 4.98 Å². The Morgan fingerprint density at radius 1 is 1.47 bits per heavy atom.